The fourth-order valence-corrected chi connectivity index (χ4v) is 6.21. The third-order valence-corrected chi connectivity index (χ3v) is 8.50. The Bertz CT molecular complexity index is 1050. The van der Waals surface area contributed by atoms with Crippen molar-refractivity contribution >= 4 is 39.8 Å². The Morgan fingerprint density at radius 3 is 2.74 bits per heavy atom. The first-order valence-corrected chi connectivity index (χ1v) is 13.2. The highest BCUT2D eigenvalue weighted by molar-refractivity contribution is 7.19. The van der Waals surface area contributed by atoms with E-state index in [4.69, 9.17) is 11.6 Å². The molecule has 3 aliphatic rings. The summed E-state index contributed by atoms with van der Waals surface area (Å²) in [5.74, 6) is 0. The quantitative estimate of drug-likeness (QED) is 0.533. The van der Waals surface area contributed by atoms with Gasteiger partial charge in [-0.1, -0.05) is 35.1 Å². The van der Waals surface area contributed by atoms with E-state index in [1.807, 2.05) is 6.07 Å². The average Bonchev–Trinajstić information content (AvgIpc) is 3.45. The minimum atomic E-state index is -0.519. The van der Waals surface area contributed by atoms with Crippen LogP contribution in [0.1, 0.15) is 43.7 Å². The SMILES string of the molecule is CC(O)N1CCC2(CN(C(=O)Nc3ncc(Cl)s3)c3ccc(CCCC(O)N4CCC4)cc32)C1. The minimum absolute atomic E-state index is 0.211. The number of urea groups is 1. The number of amides is 2. The Morgan fingerprint density at radius 2 is 2.09 bits per heavy atom. The summed E-state index contributed by atoms with van der Waals surface area (Å²) in [6.07, 6.45) is 5.29. The van der Waals surface area contributed by atoms with Crippen molar-refractivity contribution in [2.45, 2.75) is 56.9 Å². The first-order valence-electron chi connectivity index (χ1n) is 12.0. The van der Waals surface area contributed by atoms with Gasteiger partial charge in [0.15, 0.2) is 5.13 Å². The number of nitrogens with zero attached hydrogens (tertiary/aromatic N) is 4. The molecule has 8 nitrogen and oxygen atoms in total. The number of rotatable bonds is 7. The van der Waals surface area contributed by atoms with E-state index in [-0.39, 0.29) is 17.7 Å². The Balaban J connectivity index is 1.35. The smallest absolute Gasteiger partial charge is 0.328 e. The van der Waals surface area contributed by atoms with Crippen molar-refractivity contribution < 1.29 is 15.0 Å². The van der Waals surface area contributed by atoms with Gasteiger partial charge in [0.25, 0.3) is 0 Å². The van der Waals surface area contributed by atoms with Crippen LogP contribution in [0.4, 0.5) is 15.6 Å². The van der Waals surface area contributed by atoms with Gasteiger partial charge in [-0.05, 0) is 56.2 Å². The number of likely N-dealkylation sites (tertiary alicyclic amines) is 2. The molecule has 3 N–H and O–H groups in total. The van der Waals surface area contributed by atoms with Gasteiger partial charge in [0.05, 0.1) is 6.20 Å². The molecule has 34 heavy (non-hydrogen) atoms. The molecule has 2 saturated heterocycles. The first-order chi connectivity index (χ1) is 16.3. The summed E-state index contributed by atoms with van der Waals surface area (Å²) in [6, 6.07) is 6.16. The minimum Gasteiger partial charge on any atom is -0.379 e. The Morgan fingerprint density at radius 1 is 1.26 bits per heavy atom. The summed E-state index contributed by atoms with van der Waals surface area (Å²) in [6.45, 7) is 5.85. The number of nitrogens with one attached hydrogen (secondary N) is 1. The molecule has 0 radical (unpaired) electrons. The fraction of sp³-hybridized carbons (Fsp3) is 0.583. The number of carbonyl (C=O) groups is 1. The number of aliphatic hydroxyl groups excluding tert-OH is 2. The molecule has 2 aromatic rings. The second-order valence-electron chi connectivity index (χ2n) is 9.73. The van der Waals surface area contributed by atoms with Crippen LogP contribution in [0.2, 0.25) is 4.34 Å². The standard InChI is InChI=1S/C24H32ClN5O3S/c1-16(31)29-11-8-24(14-29)15-30(23(33)27-22-26-13-20(25)34-22)19-7-6-17(12-18(19)24)4-2-5-21(32)28-9-3-10-28/h6-7,12-13,16,21,31-32H,2-5,8-11,14-15H2,1H3,(H,26,27,33). The molecule has 3 unspecified atom stereocenters. The molecule has 10 heteroatoms. The zero-order valence-corrected chi connectivity index (χ0v) is 21.0. The second kappa shape index (κ2) is 9.72. The number of halogens is 1. The zero-order valence-electron chi connectivity index (χ0n) is 19.4. The summed E-state index contributed by atoms with van der Waals surface area (Å²) in [7, 11) is 0. The molecular formula is C24H32ClN5O3S. The van der Waals surface area contributed by atoms with Crippen LogP contribution < -0.4 is 10.2 Å². The number of anilines is 2. The molecule has 0 aliphatic carbocycles. The Kier molecular flexibility index (Phi) is 6.85. The van der Waals surface area contributed by atoms with E-state index in [1.165, 1.54) is 35.1 Å². The van der Waals surface area contributed by atoms with Crippen molar-refractivity contribution in [3.8, 4) is 0 Å². The van der Waals surface area contributed by atoms with E-state index in [1.54, 1.807) is 11.8 Å². The van der Waals surface area contributed by atoms with E-state index in [0.29, 0.717) is 22.6 Å². The van der Waals surface area contributed by atoms with Crippen molar-refractivity contribution in [3.63, 3.8) is 0 Å². The van der Waals surface area contributed by atoms with Gasteiger partial charge in [0, 0.05) is 43.8 Å². The molecule has 0 bridgehead atoms. The molecule has 1 spiro atoms. The molecule has 3 aliphatic heterocycles. The Labute approximate surface area is 209 Å². The number of benzene rings is 1. The van der Waals surface area contributed by atoms with Gasteiger partial charge < -0.3 is 10.2 Å². The number of aryl methyl sites for hydroxylation is 1. The van der Waals surface area contributed by atoms with Gasteiger partial charge in [0.1, 0.15) is 16.8 Å². The first kappa shape index (κ1) is 24.0. The summed E-state index contributed by atoms with van der Waals surface area (Å²) in [5, 5.41) is 23.9. The molecule has 2 amide bonds. The number of aromatic nitrogens is 1. The molecule has 1 aromatic heterocycles. The van der Waals surface area contributed by atoms with Crippen LogP contribution in [-0.4, -0.2) is 76.2 Å². The maximum Gasteiger partial charge on any atom is 0.328 e. The van der Waals surface area contributed by atoms with E-state index >= 15 is 0 Å². The molecule has 0 saturated carbocycles. The van der Waals surface area contributed by atoms with Gasteiger partial charge in [-0.15, -0.1) is 0 Å². The monoisotopic (exact) mass is 505 g/mol. The lowest BCUT2D eigenvalue weighted by molar-refractivity contribution is -0.0398. The molecule has 1 aromatic carbocycles. The largest absolute Gasteiger partial charge is 0.379 e. The topological polar surface area (TPSA) is 92.2 Å². The van der Waals surface area contributed by atoms with Crippen LogP contribution in [0, 0.1) is 0 Å². The number of fused-ring (bicyclic) bond motifs is 2. The molecule has 4 heterocycles. The summed E-state index contributed by atoms with van der Waals surface area (Å²) >= 11 is 7.22. The van der Waals surface area contributed by atoms with E-state index in [9.17, 15) is 15.0 Å². The third kappa shape index (κ3) is 4.69. The van der Waals surface area contributed by atoms with Crippen molar-refractivity contribution in [1.29, 1.82) is 0 Å². The summed E-state index contributed by atoms with van der Waals surface area (Å²) < 4.78 is 0.529. The maximum absolute atomic E-state index is 13.2. The third-order valence-electron chi connectivity index (χ3n) is 7.47. The predicted octanol–water partition coefficient (Wildman–Crippen LogP) is 3.48. The summed E-state index contributed by atoms with van der Waals surface area (Å²) in [5.41, 5.74) is 3.09. The van der Waals surface area contributed by atoms with Crippen LogP contribution in [-0.2, 0) is 11.8 Å². The number of aliphatic hydroxyl groups is 2. The lowest BCUT2D eigenvalue weighted by Crippen LogP contribution is -2.45. The fourth-order valence-electron chi connectivity index (χ4n) is 5.41. The zero-order chi connectivity index (χ0) is 23.9. The van der Waals surface area contributed by atoms with Crippen LogP contribution in [0.25, 0.3) is 0 Å². The van der Waals surface area contributed by atoms with Crippen molar-refractivity contribution in [1.82, 2.24) is 14.8 Å². The normalized spacial score (nSPS) is 24.3. The molecule has 2 fully saturated rings. The van der Waals surface area contributed by atoms with Gasteiger partial charge >= 0.3 is 6.03 Å². The maximum atomic E-state index is 13.2. The van der Waals surface area contributed by atoms with Gasteiger partial charge in [0.2, 0.25) is 0 Å². The number of hydrogen-bond donors (Lipinski definition) is 3. The van der Waals surface area contributed by atoms with Gasteiger partial charge in [-0.3, -0.25) is 20.0 Å². The Hall–Kier alpha value is -1.75. The summed E-state index contributed by atoms with van der Waals surface area (Å²) in [4.78, 5) is 23.4. The number of carbonyl (C=O) groups excluding carboxylic acids is 1. The number of thiazole rings is 1. The van der Waals surface area contributed by atoms with Crippen LogP contribution in [0.15, 0.2) is 24.4 Å². The molecular weight excluding hydrogens is 474 g/mol. The van der Waals surface area contributed by atoms with Crippen molar-refractivity contribution in [2.75, 3.05) is 42.9 Å². The van der Waals surface area contributed by atoms with Gasteiger partial charge in [-0.2, -0.15) is 0 Å². The van der Waals surface area contributed by atoms with E-state index in [0.717, 1.165) is 51.0 Å². The highest BCUT2D eigenvalue weighted by Gasteiger charge is 2.49. The van der Waals surface area contributed by atoms with Crippen LogP contribution in [0.5, 0.6) is 0 Å². The van der Waals surface area contributed by atoms with Crippen LogP contribution in [0.3, 0.4) is 0 Å². The molecule has 3 atom stereocenters. The lowest BCUT2D eigenvalue weighted by atomic mass is 9.80. The van der Waals surface area contributed by atoms with Crippen molar-refractivity contribution in [3.05, 3.63) is 39.9 Å². The van der Waals surface area contributed by atoms with E-state index in [2.05, 4.69) is 32.2 Å². The second-order valence-corrected chi connectivity index (χ2v) is 11.4. The predicted molar refractivity (Wildman–Crippen MR) is 135 cm³/mol. The van der Waals surface area contributed by atoms with Gasteiger partial charge in [-0.25, -0.2) is 9.78 Å². The molecule has 184 valence electrons. The highest BCUT2D eigenvalue weighted by Crippen LogP contribution is 2.47. The van der Waals surface area contributed by atoms with E-state index < -0.39 is 6.23 Å². The average molecular weight is 506 g/mol. The highest BCUT2D eigenvalue weighted by atomic mass is 35.5. The number of hydrogen-bond acceptors (Lipinski definition) is 7. The van der Waals surface area contributed by atoms with Crippen LogP contribution >= 0.6 is 22.9 Å². The van der Waals surface area contributed by atoms with Crippen molar-refractivity contribution in [2.24, 2.45) is 0 Å². The lowest BCUT2D eigenvalue weighted by Gasteiger charge is -2.35. The molecule has 5 rings (SSSR count).